The molecule has 148 valence electrons. The fourth-order valence-corrected chi connectivity index (χ4v) is 3.85. The van der Waals surface area contributed by atoms with Crippen molar-refractivity contribution in [3.8, 4) is 16.9 Å². The number of rotatable bonds is 6. The van der Waals surface area contributed by atoms with Crippen LogP contribution in [0.2, 0.25) is 0 Å². The number of ether oxygens (including phenoxy) is 1. The second-order valence-corrected chi connectivity index (χ2v) is 7.43. The van der Waals surface area contributed by atoms with Crippen molar-refractivity contribution in [3.63, 3.8) is 0 Å². The van der Waals surface area contributed by atoms with Crippen LogP contribution in [0.25, 0.3) is 16.8 Å². The normalized spacial score (nSPS) is 11.3. The highest BCUT2D eigenvalue weighted by atomic mass is 19.1. The van der Waals surface area contributed by atoms with Crippen molar-refractivity contribution in [1.29, 1.82) is 0 Å². The highest BCUT2D eigenvalue weighted by Crippen LogP contribution is 2.32. The van der Waals surface area contributed by atoms with E-state index in [4.69, 9.17) is 4.74 Å². The summed E-state index contributed by atoms with van der Waals surface area (Å²) in [6.07, 6.45) is 2.91. The Balaban J connectivity index is 1.72. The molecule has 0 fully saturated rings. The predicted octanol–water partition coefficient (Wildman–Crippen LogP) is 5.45. The van der Waals surface area contributed by atoms with E-state index in [0.29, 0.717) is 30.1 Å². The van der Waals surface area contributed by atoms with Crippen molar-refractivity contribution in [2.45, 2.75) is 32.6 Å². The molecular formula is C24H24FN3O. The summed E-state index contributed by atoms with van der Waals surface area (Å²) in [4.78, 5) is 0. The van der Waals surface area contributed by atoms with Crippen LogP contribution in [-0.4, -0.2) is 21.7 Å². The first-order chi connectivity index (χ1) is 14.1. The molecule has 2 aromatic carbocycles. The summed E-state index contributed by atoms with van der Waals surface area (Å²) in [5, 5.41) is 8.52. The van der Waals surface area contributed by atoms with E-state index in [1.807, 2.05) is 10.5 Å². The maximum atomic E-state index is 14.3. The van der Waals surface area contributed by atoms with Crippen molar-refractivity contribution in [1.82, 2.24) is 14.6 Å². The standard InChI is InChI=1S/C24H24FN3O/c1-16(2)18-7-4-5-8-19(18)20-13-11-17(28-15-26-27-24(20)28)12-14-21-22(25)9-6-10-23(21)29-3/h4-11,13,15-16H,12,14H2,1-3H3. The molecule has 0 aliphatic heterocycles. The van der Waals surface area contributed by atoms with Gasteiger partial charge in [0.1, 0.15) is 17.9 Å². The van der Waals surface area contributed by atoms with Crippen molar-refractivity contribution >= 4 is 5.65 Å². The second-order valence-electron chi connectivity index (χ2n) is 7.43. The Morgan fingerprint density at radius 3 is 2.59 bits per heavy atom. The smallest absolute Gasteiger partial charge is 0.168 e. The van der Waals surface area contributed by atoms with Crippen LogP contribution in [-0.2, 0) is 12.8 Å². The van der Waals surface area contributed by atoms with Crippen LogP contribution >= 0.6 is 0 Å². The summed E-state index contributed by atoms with van der Waals surface area (Å²) in [7, 11) is 1.57. The van der Waals surface area contributed by atoms with Crippen LogP contribution in [0.15, 0.2) is 60.9 Å². The van der Waals surface area contributed by atoms with E-state index in [-0.39, 0.29) is 5.82 Å². The van der Waals surface area contributed by atoms with Gasteiger partial charge in [-0.25, -0.2) is 4.39 Å². The molecule has 0 unspecified atom stereocenters. The number of aromatic nitrogens is 3. The fourth-order valence-electron chi connectivity index (χ4n) is 3.85. The molecule has 0 spiro atoms. The molecule has 29 heavy (non-hydrogen) atoms. The van der Waals surface area contributed by atoms with Crippen LogP contribution < -0.4 is 4.74 Å². The molecule has 2 aromatic heterocycles. The first kappa shape index (κ1) is 19.1. The van der Waals surface area contributed by atoms with Gasteiger partial charge >= 0.3 is 0 Å². The van der Waals surface area contributed by atoms with Gasteiger partial charge in [0, 0.05) is 16.8 Å². The minimum Gasteiger partial charge on any atom is -0.496 e. The van der Waals surface area contributed by atoms with Crippen LogP contribution in [0.3, 0.4) is 0 Å². The summed E-state index contributed by atoms with van der Waals surface area (Å²) in [6.45, 7) is 4.38. The van der Waals surface area contributed by atoms with Gasteiger partial charge in [-0.3, -0.25) is 4.40 Å². The summed E-state index contributed by atoms with van der Waals surface area (Å²) in [5.41, 5.74) is 5.94. The number of hydrogen-bond acceptors (Lipinski definition) is 3. The van der Waals surface area contributed by atoms with Crippen molar-refractivity contribution in [2.24, 2.45) is 0 Å². The third-order valence-corrected chi connectivity index (χ3v) is 5.34. The maximum Gasteiger partial charge on any atom is 0.168 e. The zero-order valence-electron chi connectivity index (χ0n) is 16.9. The van der Waals surface area contributed by atoms with E-state index in [1.165, 1.54) is 17.2 Å². The summed E-state index contributed by atoms with van der Waals surface area (Å²) < 4.78 is 21.6. The van der Waals surface area contributed by atoms with E-state index >= 15 is 0 Å². The molecule has 4 aromatic rings. The van der Waals surface area contributed by atoms with Gasteiger partial charge in [0.15, 0.2) is 5.65 Å². The number of nitrogens with zero attached hydrogens (tertiary/aromatic N) is 3. The number of fused-ring (bicyclic) bond motifs is 1. The Morgan fingerprint density at radius 2 is 1.79 bits per heavy atom. The van der Waals surface area contributed by atoms with Crippen molar-refractivity contribution in [2.75, 3.05) is 7.11 Å². The molecule has 4 rings (SSSR count). The van der Waals surface area contributed by atoms with Gasteiger partial charge in [0.05, 0.1) is 7.11 Å². The molecule has 0 amide bonds. The molecule has 5 heteroatoms. The second kappa shape index (κ2) is 8.03. The molecular weight excluding hydrogens is 365 g/mol. The van der Waals surface area contributed by atoms with Crippen LogP contribution in [0, 0.1) is 5.82 Å². The van der Waals surface area contributed by atoms with E-state index < -0.39 is 0 Å². The first-order valence-electron chi connectivity index (χ1n) is 9.82. The van der Waals surface area contributed by atoms with Crippen LogP contribution in [0.1, 0.15) is 36.6 Å². The number of hydrogen-bond donors (Lipinski definition) is 0. The highest BCUT2D eigenvalue weighted by molar-refractivity contribution is 5.80. The zero-order chi connectivity index (χ0) is 20.4. The van der Waals surface area contributed by atoms with Gasteiger partial charge in [-0.2, -0.15) is 0 Å². The van der Waals surface area contributed by atoms with Crippen molar-refractivity contribution < 1.29 is 9.13 Å². The van der Waals surface area contributed by atoms with E-state index in [1.54, 1.807) is 25.6 Å². The lowest BCUT2D eigenvalue weighted by Gasteiger charge is -2.15. The lowest BCUT2D eigenvalue weighted by molar-refractivity contribution is 0.404. The number of pyridine rings is 1. The summed E-state index contributed by atoms with van der Waals surface area (Å²) in [5.74, 6) is 0.738. The number of aryl methyl sites for hydroxylation is 1. The van der Waals surface area contributed by atoms with Crippen LogP contribution in [0.5, 0.6) is 5.75 Å². The molecule has 2 heterocycles. The molecule has 0 bridgehead atoms. The van der Waals surface area contributed by atoms with Gasteiger partial charge in [-0.05, 0) is 54.2 Å². The first-order valence-corrected chi connectivity index (χ1v) is 9.82. The largest absolute Gasteiger partial charge is 0.496 e. The SMILES string of the molecule is COc1cccc(F)c1CCc1ccc(-c2ccccc2C(C)C)c2nncn12. The van der Waals surface area contributed by atoms with Crippen molar-refractivity contribution in [3.05, 3.63) is 83.6 Å². The van der Waals surface area contributed by atoms with Gasteiger partial charge in [0.25, 0.3) is 0 Å². The third-order valence-electron chi connectivity index (χ3n) is 5.34. The lowest BCUT2D eigenvalue weighted by atomic mass is 9.93. The molecule has 0 saturated heterocycles. The monoisotopic (exact) mass is 389 g/mol. The molecule has 0 N–H and O–H groups in total. The Labute approximate surface area is 170 Å². The van der Waals surface area contributed by atoms with Gasteiger partial charge in [-0.15, -0.1) is 10.2 Å². The summed E-state index contributed by atoms with van der Waals surface area (Å²) in [6, 6.07) is 17.5. The van der Waals surface area contributed by atoms with E-state index in [9.17, 15) is 4.39 Å². The average molecular weight is 389 g/mol. The van der Waals surface area contributed by atoms with Gasteiger partial charge < -0.3 is 4.74 Å². The quantitative estimate of drug-likeness (QED) is 0.440. The Kier molecular flexibility index (Phi) is 5.30. The molecule has 4 nitrogen and oxygen atoms in total. The minimum atomic E-state index is -0.244. The van der Waals surface area contributed by atoms with Crippen LogP contribution in [0.4, 0.5) is 4.39 Å². The molecule has 0 saturated carbocycles. The average Bonchev–Trinajstić information content (AvgIpc) is 3.22. The summed E-state index contributed by atoms with van der Waals surface area (Å²) >= 11 is 0. The molecule has 0 radical (unpaired) electrons. The molecule has 0 atom stereocenters. The van der Waals surface area contributed by atoms with Gasteiger partial charge in [0.2, 0.25) is 0 Å². The fraction of sp³-hybridized carbons (Fsp3) is 0.250. The minimum absolute atomic E-state index is 0.244. The number of halogens is 1. The lowest BCUT2D eigenvalue weighted by Crippen LogP contribution is -2.03. The Bertz CT molecular complexity index is 1150. The zero-order valence-corrected chi connectivity index (χ0v) is 16.9. The maximum absolute atomic E-state index is 14.3. The van der Waals surface area contributed by atoms with E-state index in [2.05, 4.69) is 54.4 Å². The topological polar surface area (TPSA) is 39.4 Å². The number of benzene rings is 2. The Hall–Kier alpha value is -3.21. The molecule has 0 aliphatic rings. The predicted molar refractivity (Wildman–Crippen MR) is 113 cm³/mol. The number of methoxy groups -OCH3 is 1. The Morgan fingerprint density at radius 1 is 0.966 bits per heavy atom. The van der Waals surface area contributed by atoms with Gasteiger partial charge in [-0.1, -0.05) is 44.2 Å². The third kappa shape index (κ3) is 3.60. The molecule has 0 aliphatic carbocycles. The highest BCUT2D eigenvalue weighted by Gasteiger charge is 2.15. The van der Waals surface area contributed by atoms with E-state index in [0.717, 1.165) is 16.9 Å².